The lowest BCUT2D eigenvalue weighted by molar-refractivity contribution is 0.0680. The van der Waals surface area contributed by atoms with Crippen LogP contribution in [0, 0.1) is 20.8 Å². The van der Waals surface area contributed by atoms with Crippen LogP contribution in [0.2, 0.25) is 0 Å². The van der Waals surface area contributed by atoms with E-state index >= 15 is 0 Å². The minimum absolute atomic E-state index is 0.0578. The van der Waals surface area contributed by atoms with Gasteiger partial charge in [-0.2, -0.15) is 5.10 Å². The summed E-state index contributed by atoms with van der Waals surface area (Å²) in [6.45, 7) is 7.31. The number of nitrogens with zero attached hydrogens (tertiary/aromatic N) is 5. The summed E-state index contributed by atoms with van der Waals surface area (Å²) in [5, 5.41) is 7.99. The Morgan fingerprint density at radius 1 is 1.32 bits per heavy atom. The van der Waals surface area contributed by atoms with E-state index in [9.17, 15) is 4.79 Å². The van der Waals surface area contributed by atoms with E-state index in [1.807, 2.05) is 44.1 Å². The van der Waals surface area contributed by atoms with Gasteiger partial charge in [0.25, 0.3) is 5.91 Å². The highest BCUT2D eigenvalue weighted by atomic mass is 16.2. The fourth-order valence-electron chi connectivity index (χ4n) is 3.78. The zero-order chi connectivity index (χ0) is 17.6. The van der Waals surface area contributed by atoms with Crippen LogP contribution in [-0.2, 0) is 0 Å². The van der Waals surface area contributed by atoms with E-state index in [0.29, 0.717) is 17.8 Å². The molecule has 0 aliphatic carbocycles. The Kier molecular flexibility index (Phi) is 3.78. The zero-order valence-corrected chi connectivity index (χ0v) is 14.8. The Labute approximate surface area is 146 Å². The van der Waals surface area contributed by atoms with Crippen molar-refractivity contribution in [2.75, 3.05) is 13.1 Å². The largest absolute Gasteiger partial charge is 0.337 e. The number of nitrogens with one attached hydrogen (secondary N) is 1. The predicted octanol–water partition coefficient (Wildman–Crippen LogP) is 2.56. The monoisotopic (exact) mass is 338 g/mol. The molecule has 7 heteroatoms. The molecule has 1 fully saturated rings. The third-order valence-corrected chi connectivity index (χ3v) is 5.00. The van der Waals surface area contributed by atoms with Gasteiger partial charge in [-0.05, 0) is 39.7 Å². The van der Waals surface area contributed by atoms with Crippen LogP contribution < -0.4 is 0 Å². The van der Waals surface area contributed by atoms with Crippen LogP contribution in [0.1, 0.15) is 46.5 Å². The van der Waals surface area contributed by atoms with Crippen molar-refractivity contribution in [3.63, 3.8) is 0 Å². The van der Waals surface area contributed by atoms with Crippen LogP contribution >= 0.6 is 0 Å². The second-order valence-corrected chi connectivity index (χ2v) is 6.79. The number of rotatable bonds is 2. The van der Waals surface area contributed by atoms with Crippen LogP contribution in [0.5, 0.6) is 0 Å². The molecule has 130 valence electrons. The summed E-state index contributed by atoms with van der Waals surface area (Å²) in [6, 6.07) is 2.16. The molecule has 1 aliphatic rings. The number of likely N-dealkylation sites (tertiary alicyclic amines) is 1. The highest BCUT2D eigenvalue weighted by Crippen LogP contribution is 2.26. The summed E-state index contributed by atoms with van der Waals surface area (Å²) in [5.41, 5.74) is 2.99. The summed E-state index contributed by atoms with van der Waals surface area (Å²) in [6.07, 6.45) is 5.88. The molecule has 1 atom stereocenters. The Balaban J connectivity index is 1.67. The van der Waals surface area contributed by atoms with E-state index in [-0.39, 0.29) is 11.9 Å². The number of aryl methyl sites for hydroxylation is 3. The summed E-state index contributed by atoms with van der Waals surface area (Å²) in [7, 11) is 0. The quantitative estimate of drug-likeness (QED) is 0.779. The van der Waals surface area contributed by atoms with Crippen LogP contribution in [0.3, 0.4) is 0 Å². The van der Waals surface area contributed by atoms with Gasteiger partial charge in [-0.3, -0.25) is 9.89 Å². The summed E-state index contributed by atoms with van der Waals surface area (Å²) in [4.78, 5) is 23.9. The maximum Gasteiger partial charge on any atom is 0.254 e. The highest BCUT2D eigenvalue weighted by Gasteiger charge is 2.28. The molecule has 0 unspecified atom stereocenters. The number of aromatic nitrogens is 5. The number of piperidine rings is 1. The molecule has 4 heterocycles. The molecular weight excluding hydrogens is 316 g/mol. The molecule has 0 saturated carbocycles. The molecule has 7 nitrogen and oxygen atoms in total. The minimum Gasteiger partial charge on any atom is -0.337 e. The summed E-state index contributed by atoms with van der Waals surface area (Å²) in [5.74, 6) is 1.05. The summed E-state index contributed by atoms with van der Waals surface area (Å²) < 4.78 is 2.18. The molecule has 3 aromatic heterocycles. The molecule has 0 bridgehead atoms. The van der Waals surface area contributed by atoms with Crippen LogP contribution in [-0.4, -0.2) is 48.6 Å². The van der Waals surface area contributed by atoms with Gasteiger partial charge in [0.2, 0.25) is 0 Å². The van der Waals surface area contributed by atoms with Crippen molar-refractivity contribution >= 4 is 16.9 Å². The molecule has 1 amide bonds. The Bertz CT molecular complexity index is 940. The van der Waals surface area contributed by atoms with Crippen molar-refractivity contribution in [3.05, 3.63) is 41.2 Å². The first-order chi connectivity index (χ1) is 12.0. The van der Waals surface area contributed by atoms with Crippen molar-refractivity contribution in [1.82, 2.24) is 29.6 Å². The van der Waals surface area contributed by atoms with Gasteiger partial charge in [-0.25, -0.2) is 9.97 Å². The normalized spacial score (nSPS) is 18.0. The average molecular weight is 338 g/mol. The molecule has 1 aliphatic heterocycles. The zero-order valence-electron chi connectivity index (χ0n) is 14.8. The van der Waals surface area contributed by atoms with Gasteiger partial charge in [-0.15, -0.1) is 0 Å². The first-order valence-corrected chi connectivity index (χ1v) is 8.65. The Morgan fingerprint density at radius 3 is 2.92 bits per heavy atom. The van der Waals surface area contributed by atoms with Crippen molar-refractivity contribution in [1.29, 1.82) is 0 Å². The van der Waals surface area contributed by atoms with Crippen molar-refractivity contribution in [3.8, 4) is 0 Å². The van der Waals surface area contributed by atoms with Crippen molar-refractivity contribution in [2.24, 2.45) is 0 Å². The number of H-pyrrole nitrogens is 1. The van der Waals surface area contributed by atoms with Gasteiger partial charge < -0.3 is 9.47 Å². The maximum atomic E-state index is 13.2. The first kappa shape index (κ1) is 15.8. The third kappa shape index (κ3) is 2.69. The van der Waals surface area contributed by atoms with Gasteiger partial charge in [0.05, 0.1) is 17.0 Å². The number of amides is 1. The summed E-state index contributed by atoms with van der Waals surface area (Å²) >= 11 is 0. The van der Waals surface area contributed by atoms with Gasteiger partial charge in [0.1, 0.15) is 5.82 Å². The number of imidazole rings is 1. The molecule has 0 radical (unpaired) electrons. The molecule has 4 rings (SSSR count). The fraction of sp³-hybridized carbons (Fsp3) is 0.444. The van der Waals surface area contributed by atoms with E-state index in [0.717, 1.165) is 42.0 Å². The van der Waals surface area contributed by atoms with E-state index in [1.165, 1.54) is 0 Å². The molecule has 1 N–H and O–H groups in total. The third-order valence-electron chi connectivity index (χ3n) is 5.00. The smallest absolute Gasteiger partial charge is 0.254 e. The lowest BCUT2D eigenvalue weighted by Gasteiger charge is -2.34. The van der Waals surface area contributed by atoms with Gasteiger partial charge in [-0.1, -0.05) is 0 Å². The van der Waals surface area contributed by atoms with Gasteiger partial charge >= 0.3 is 0 Å². The fourth-order valence-corrected chi connectivity index (χ4v) is 3.78. The number of aromatic amines is 1. The number of hydrogen-bond donors (Lipinski definition) is 1. The lowest BCUT2D eigenvalue weighted by Crippen LogP contribution is -2.41. The van der Waals surface area contributed by atoms with E-state index < -0.39 is 0 Å². The standard InChI is InChI=1S/C18H22N6O/c1-11-9-15(16-12(2)21-22-17(16)20-11)18(25)23-7-4-5-14(10-23)24-8-6-19-13(24)3/h6,8-9,14H,4-5,7,10H2,1-3H3,(H,20,21,22)/t14-/m0/s1. The number of carbonyl (C=O) groups excluding carboxylic acids is 1. The van der Waals surface area contributed by atoms with E-state index in [2.05, 4.69) is 24.7 Å². The average Bonchev–Trinajstić information content (AvgIpc) is 3.19. The Morgan fingerprint density at radius 2 is 2.16 bits per heavy atom. The van der Waals surface area contributed by atoms with Crippen LogP contribution in [0.4, 0.5) is 0 Å². The van der Waals surface area contributed by atoms with Gasteiger partial charge in [0.15, 0.2) is 5.65 Å². The van der Waals surface area contributed by atoms with Crippen molar-refractivity contribution in [2.45, 2.75) is 39.7 Å². The van der Waals surface area contributed by atoms with Crippen molar-refractivity contribution < 1.29 is 4.79 Å². The van der Waals surface area contributed by atoms with Crippen LogP contribution in [0.25, 0.3) is 11.0 Å². The first-order valence-electron chi connectivity index (χ1n) is 8.65. The molecule has 0 aromatic carbocycles. The molecule has 25 heavy (non-hydrogen) atoms. The maximum absolute atomic E-state index is 13.2. The van der Waals surface area contributed by atoms with E-state index in [4.69, 9.17) is 0 Å². The Hall–Kier alpha value is -2.70. The number of carbonyl (C=O) groups is 1. The number of hydrogen-bond acceptors (Lipinski definition) is 4. The predicted molar refractivity (Wildman–Crippen MR) is 94.5 cm³/mol. The minimum atomic E-state index is 0.0578. The molecular formula is C18H22N6O. The molecule has 3 aromatic rings. The second-order valence-electron chi connectivity index (χ2n) is 6.79. The highest BCUT2D eigenvalue weighted by molar-refractivity contribution is 6.06. The lowest BCUT2D eigenvalue weighted by atomic mass is 10.0. The van der Waals surface area contributed by atoms with Gasteiger partial charge in [0, 0.05) is 36.9 Å². The molecule has 0 spiro atoms. The SMILES string of the molecule is Cc1cc(C(=O)N2CCC[C@H](n3ccnc3C)C2)c2c(C)[nH]nc2n1. The van der Waals surface area contributed by atoms with Crippen LogP contribution in [0.15, 0.2) is 18.5 Å². The second kappa shape index (κ2) is 5.98. The number of fused-ring (bicyclic) bond motifs is 1. The topological polar surface area (TPSA) is 79.7 Å². The number of pyridine rings is 1. The molecule has 1 saturated heterocycles. The van der Waals surface area contributed by atoms with E-state index in [1.54, 1.807) is 0 Å².